The van der Waals surface area contributed by atoms with Crippen LogP contribution in [0.2, 0.25) is 0 Å². The minimum atomic E-state index is -0.389. The van der Waals surface area contributed by atoms with Crippen molar-refractivity contribution >= 4 is 34.0 Å². The summed E-state index contributed by atoms with van der Waals surface area (Å²) in [6.45, 7) is 5.76. The molecule has 2 amide bonds. The molecule has 0 aliphatic carbocycles. The van der Waals surface area contributed by atoms with Crippen molar-refractivity contribution in [1.82, 2.24) is 10.1 Å². The van der Waals surface area contributed by atoms with Crippen molar-refractivity contribution < 1.29 is 14.1 Å². The van der Waals surface area contributed by atoms with Gasteiger partial charge in [-0.2, -0.15) is 0 Å². The molecule has 0 bridgehead atoms. The smallest absolute Gasteiger partial charge is 0.296 e. The van der Waals surface area contributed by atoms with E-state index in [1.807, 2.05) is 43.5 Å². The fraction of sp³-hybridized carbons (Fsp3) is 0.263. The Labute approximate surface area is 160 Å². The van der Waals surface area contributed by atoms with Gasteiger partial charge < -0.3 is 9.84 Å². The number of nitrogens with zero attached hydrogens (tertiary/aromatic N) is 2. The topological polar surface area (TPSA) is 97.1 Å². The normalized spacial score (nSPS) is 10.8. The molecule has 0 atom stereocenters. The summed E-state index contributed by atoms with van der Waals surface area (Å²) in [5, 5.41) is 11.6. The Kier molecular flexibility index (Phi) is 5.66. The standard InChI is InChI=1S/C19H20N4O3S/c1-11(2)8-17(24)20-14-6-4-13(5-7-14)15-10-27-19(21-15)22-18(25)16-9-12(3)23-26-16/h4-7,9-11H,8H2,1-3H3,(H,20,24)(H,21,22,25). The van der Waals surface area contributed by atoms with Gasteiger partial charge in [0, 0.05) is 29.1 Å². The van der Waals surface area contributed by atoms with Crippen LogP contribution in [0.25, 0.3) is 11.3 Å². The first-order chi connectivity index (χ1) is 12.9. The van der Waals surface area contributed by atoms with E-state index < -0.39 is 0 Å². The highest BCUT2D eigenvalue weighted by molar-refractivity contribution is 7.14. The lowest BCUT2D eigenvalue weighted by Gasteiger charge is -2.07. The third-order valence-corrected chi connectivity index (χ3v) is 4.39. The number of aromatic nitrogens is 2. The number of rotatable bonds is 6. The lowest BCUT2D eigenvalue weighted by atomic mass is 10.1. The van der Waals surface area contributed by atoms with Crippen LogP contribution in [0.1, 0.15) is 36.5 Å². The summed E-state index contributed by atoms with van der Waals surface area (Å²) in [6, 6.07) is 9.00. The maximum Gasteiger partial charge on any atom is 0.296 e. The Morgan fingerprint density at radius 3 is 2.56 bits per heavy atom. The number of aryl methyl sites for hydroxylation is 1. The Bertz CT molecular complexity index is 944. The summed E-state index contributed by atoms with van der Waals surface area (Å²) in [7, 11) is 0. The van der Waals surface area contributed by atoms with Crippen LogP contribution in [0.4, 0.5) is 10.8 Å². The van der Waals surface area contributed by atoms with E-state index in [-0.39, 0.29) is 17.6 Å². The van der Waals surface area contributed by atoms with Gasteiger partial charge in [-0.25, -0.2) is 4.98 Å². The predicted molar refractivity (Wildman–Crippen MR) is 105 cm³/mol. The molecule has 0 saturated heterocycles. The van der Waals surface area contributed by atoms with Crippen LogP contribution >= 0.6 is 11.3 Å². The first-order valence-electron chi connectivity index (χ1n) is 8.51. The molecule has 0 fully saturated rings. The fourth-order valence-electron chi connectivity index (χ4n) is 2.40. The fourth-order valence-corrected chi connectivity index (χ4v) is 3.11. The lowest BCUT2D eigenvalue weighted by Crippen LogP contribution is -2.13. The molecule has 2 aromatic heterocycles. The third kappa shape index (κ3) is 5.01. The molecule has 2 N–H and O–H groups in total. The average molecular weight is 384 g/mol. The third-order valence-electron chi connectivity index (χ3n) is 3.63. The lowest BCUT2D eigenvalue weighted by molar-refractivity contribution is -0.116. The van der Waals surface area contributed by atoms with Crippen LogP contribution in [0, 0.1) is 12.8 Å². The molecular formula is C19H20N4O3S. The SMILES string of the molecule is Cc1cc(C(=O)Nc2nc(-c3ccc(NC(=O)CC(C)C)cc3)cs2)on1. The van der Waals surface area contributed by atoms with Gasteiger partial charge in [-0.1, -0.05) is 31.1 Å². The number of amides is 2. The van der Waals surface area contributed by atoms with E-state index in [1.165, 1.54) is 11.3 Å². The molecular weight excluding hydrogens is 364 g/mol. The highest BCUT2D eigenvalue weighted by atomic mass is 32.1. The van der Waals surface area contributed by atoms with Crippen LogP contribution in [0.15, 0.2) is 40.2 Å². The van der Waals surface area contributed by atoms with Gasteiger partial charge >= 0.3 is 0 Å². The van der Waals surface area contributed by atoms with E-state index >= 15 is 0 Å². The number of hydrogen-bond donors (Lipinski definition) is 2. The van der Waals surface area contributed by atoms with Crippen LogP contribution < -0.4 is 10.6 Å². The minimum Gasteiger partial charge on any atom is -0.351 e. The summed E-state index contributed by atoms with van der Waals surface area (Å²) in [5.41, 5.74) is 3.02. The number of thiazole rings is 1. The quantitative estimate of drug-likeness (QED) is 0.659. The van der Waals surface area contributed by atoms with Gasteiger partial charge in [0.1, 0.15) is 0 Å². The molecule has 0 saturated carbocycles. The second kappa shape index (κ2) is 8.13. The number of hydrogen-bond acceptors (Lipinski definition) is 6. The second-order valence-corrected chi connectivity index (χ2v) is 7.41. The Morgan fingerprint density at radius 1 is 1.19 bits per heavy atom. The first-order valence-corrected chi connectivity index (χ1v) is 9.39. The van der Waals surface area contributed by atoms with Crippen LogP contribution in [0.3, 0.4) is 0 Å². The molecule has 27 heavy (non-hydrogen) atoms. The molecule has 3 aromatic rings. The molecule has 140 valence electrons. The van der Waals surface area contributed by atoms with Gasteiger partial charge in [-0.15, -0.1) is 11.3 Å². The zero-order chi connectivity index (χ0) is 19.4. The summed E-state index contributed by atoms with van der Waals surface area (Å²) in [4.78, 5) is 28.3. The summed E-state index contributed by atoms with van der Waals surface area (Å²) < 4.78 is 4.94. The van der Waals surface area contributed by atoms with Crippen LogP contribution in [-0.4, -0.2) is 22.0 Å². The van der Waals surface area contributed by atoms with Gasteiger partial charge in [-0.3, -0.25) is 14.9 Å². The monoisotopic (exact) mass is 384 g/mol. The van der Waals surface area contributed by atoms with Crippen molar-refractivity contribution in [3.8, 4) is 11.3 Å². The van der Waals surface area contributed by atoms with Gasteiger partial charge in [-0.05, 0) is 25.0 Å². The van der Waals surface area contributed by atoms with Crippen molar-refractivity contribution in [3.63, 3.8) is 0 Å². The van der Waals surface area contributed by atoms with Crippen LogP contribution in [-0.2, 0) is 4.79 Å². The number of anilines is 2. The molecule has 0 aliphatic heterocycles. The maximum absolute atomic E-state index is 12.1. The summed E-state index contributed by atoms with van der Waals surface area (Å²) in [6.07, 6.45) is 0.488. The highest BCUT2D eigenvalue weighted by Crippen LogP contribution is 2.26. The first kappa shape index (κ1) is 18.8. The molecule has 1 aromatic carbocycles. The van der Waals surface area contributed by atoms with E-state index in [4.69, 9.17) is 4.52 Å². The van der Waals surface area contributed by atoms with Gasteiger partial charge in [0.25, 0.3) is 5.91 Å². The molecule has 0 radical (unpaired) electrons. The van der Waals surface area contributed by atoms with E-state index in [9.17, 15) is 9.59 Å². The Hall–Kier alpha value is -3.00. The van der Waals surface area contributed by atoms with Crippen LogP contribution in [0.5, 0.6) is 0 Å². The minimum absolute atomic E-state index is 0.000871. The van der Waals surface area contributed by atoms with E-state index in [2.05, 4.69) is 20.8 Å². The summed E-state index contributed by atoms with van der Waals surface area (Å²) >= 11 is 1.32. The summed E-state index contributed by atoms with van der Waals surface area (Å²) in [5.74, 6) is 0.0679. The van der Waals surface area contributed by atoms with E-state index in [0.29, 0.717) is 23.2 Å². The number of carbonyl (C=O) groups excluding carboxylic acids is 2. The molecule has 8 heteroatoms. The maximum atomic E-state index is 12.1. The van der Waals surface area contributed by atoms with Crippen molar-refractivity contribution in [2.24, 2.45) is 5.92 Å². The van der Waals surface area contributed by atoms with E-state index in [1.54, 1.807) is 13.0 Å². The Balaban J connectivity index is 1.64. The van der Waals surface area contributed by atoms with Crippen molar-refractivity contribution in [2.75, 3.05) is 10.6 Å². The second-order valence-electron chi connectivity index (χ2n) is 6.55. The number of carbonyl (C=O) groups is 2. The average Bonchev–Trinajstić information content (AvgIpc) is 3.24. The Morgan fingerprint density at radius 2 is 1.93 bits per heavy atom. The molecule has 3 rings (SSSR count). The predicted octanol–water partition coefficient (Wildman–Crippen LogP) is 4.34. The molecule has 2 heterocycles. The highest BCUT2D eigenvalue weighted by Gasteiger charge is 2.14. The largest absolute Gasteiger partial charge is 0.351 e. The molecule has 0 unspecified atom stereocenters. The zero-order valence-corrected chi connectivity index (χ0v) is 16.1. The molecule has 7 nitrogen and oxygen atoms in total. The number of nitrogens with one attached hydrogen (secondary N) is 2. The molecule has 0 spiro atoms. The molecule has 0 aliphatic rings. The van der Waals surface area contributed by atoms with Gasteiger partial charge in [0.2, 0.25) is 11.7 Å². The van der Waals surface area contributed by atoms with E-state index in [0.717, 1.165) is 16.9 Å². The number of benzene rings is 1. The van der Waals surface area contributed by atoms with Gasteiger partial charge in [0.05, 0.1) is 11.4 Å². The zero-order valence-electron chi connectivity index (χ0n) is 15.3. The van der Waals surface area contributed by atoms with Crippen molar-refractivity contribution in [1.29, 1.82) is 0 Å². The van der Waals surface area contributed by atoms with Gasteiger partial charge in [0.15, 0.2) is 5.13 Å². The van der Waals surface area contributed by atoms with Crippen molar-refractivity contribution in [3.05, 3.63) is 47.2 Å². The van der Waals surface area contributed by atoms with Crippen molar-refractivity contribution in [2.45, 2.75) is 27.2 Å².